The summed E-state index contributed by atoms with van der Waals surface area (Å²) in [5, 5.41) is 12.9. The Morgan fingerprint density at radius 2 is 1.83 bits per heavy atom. The van der Waals surface area contributed by atoms with Gasteiger partial charge in [-0.3, -0.25) is 4.90 Å². The second-order valence-corrected chi connectivity index (χ2v) is 10.5. The molecule has 2 aliphatic heterocycles. The van der Waals surface area contributed by atoms with Crippen molar-refractivity contribution in [2.45, 2.75) is 32.5 Å². The number of benzene rings is 2. The first-order valence-corrected chi connectivity index (χ1v) is 14.2. The van der Waals surface area contributed by atoms with Crippen LogP contribution in [-0.4, -0.2) is 70.5 Å². The monoisotopic (exact) mass is 552 g/mol. The minimum absolute atomic E-state index is 0.145. The van der Waals surface area contributed by atoms with Gasteiger partial charge < -0.3 is 24.8 Å². The predicted octanol–water partition coefficient (Wildman–Crippen LogP) is 4.44. The van der Waals surface area contributed by atoms with Crippen LogP contribution in [0.4, 0.5) is 17.3 Å². The quantitative estimate of drug-likeness (QED) is 0.313. The fourth-order valence-electron chi connectivity index (χ4n) is 5.35. The molecule has 0 unspecified atom stereocenters. The predicted molar refractivity (Wildman–Crippen MR) is 159 cm³/mol. The lowest BCUT2D eigenvalue weighted by Crippen LogP contribution is -2.45. The van der Waals surface area contributed by atoms with Crippen LogP contribution < -0.4 is 15.0 Å². The number of nitrogens with zero attached hydrogens (tertiary/aromatic N) is 5. The van der Waals surface area contributed by atoms with E-state index in [1.807, 2.05) is 72.8 Å². The number of hydrogen-bond donors (Lipinski definition) is 2. The Balaban J connectivity index is 1.21. The molecule has 1 atom stereocenters. The number of morpholine rings is 1. The summed E-state index contributed by atoms with van der Waals surface area (Å²) in [4.78, 5) is 19.4. The Labute approximate surface area is 240 Å². The fraction of sp³-hybridized carbons (Fsp3) is 0.344. The van der Waals surface area contributed by atoms with Gasteiger partial charge in [0.25, 0.3) is 0 Å². The van der Waals surface area contributed by atoms with E-state index in [4.69, 9.17) is 19.4 Å². The molecule has 1 saturated heterocycles. The van der Waals surface area contributed by atoms with Gasteiger partial charge in [0.05, 0.1) is 31.6 Å². The summed E-state index contributed by atoms with van der Waals surface area (Å²) in [7, 11) is 0. The lowest BCUT2D eigenvalue weighted by Gasteiger charge is -2.37. The third kappa shape index (κ3) is 6.48. The molecule has 4 aromatic rings. The Bertz CT molecular complexity index is 1450. The molecular weight excluding hydrogens is 516 g/mol. The van der Waals surface area contributed by atoms with E-state index in [2.05, 4.69) is 27.0 Å². The summed E-state index contributed by atoms with van der Waals surface area (Å²) in [5.74, 6) is 3.01. The van der Waals surface area contributed by atoms with Gasteiger partial charge in [-0.1, -0.05) is 36.4 Å². The first kappa shape index (κ1) is 27.1. The molecule has 2 aliphatic rings. The molecule has 9 nitrogen and oxygen atoms in total. The van der Waals surface area contributed by atoms with Gasteiger partial charge in [-0.05, 0) is 49.2 Å². The largest absolute Gasteiger partial charge is 0.473 e. The minimum atomic E-state index is 0.145. The number of fused-ring (bicyclic) bond motifs is 1. The maximum Gasteiger partial charge on any atom is 0.215 e. The van der Waals surface area contributed by atoms with E-state index in [0.29, 0.717) is 50.4 Å². The minimum Gasteiger partial charge on any atom is -0.473 e. The lowest BCUT2D eigenvalue weighted by molar-refractivity contribution is 0.0983. The second kappa shape index (κ2) is 12.6. The van der Waals surface area contributed by atoms with Gasteiger partial charge in [0.2, 0.25) is 5.88 Å². The smallest absolute Gasteiger partial charge is 0.215 e. The van der Waals surface area contributed by atoms with E-state index in [1.54, 1.807) is 0 Å². The van der Waals surface area contributed by atoms with Crippen molar-refractivity contribution < 1.29 is 14.6 Å². The number of rotatable bonds is 9. The van der Waals surface area contributed by atoms with Crippen LogP contribution in [0.15, 0.2) is 72.8 Å². The molecule has 1 fully saturated rings. The van der Waals surface area contributed by atoms with E-state index in [1.165, 1.54) is 5.56 Å². The van der Waals surface area contributed by atoms with Crippen LogP contribution in [-0.2, 0) is 24.3 Å². The number of aliphatic hydroxyl groups excluding tert-OH is 1. The third-order valence-electron chi connectivity index (χ3n) is 7.55. The fourth-order valence-corrected chi connectivity index (χ4v) is 5.35. The number of anilines is 3. The van der Waals surface area contributed by atoms with Crippen LogP contribution in [0.2, 0.25) is 0 Å². The highest BCUT2D eigenvalue weighted by Crippen LogP contribution is 2.32. The van der Waals surface area contributed by atoms with E-state index < -0.39 is 0 Å². The maximum absolute atomic E-state index is 9.50. The zero-order chi connectivity index (χ0) is 28.0. The molecule has 41 heavy (non-hydrogen) atoms. The van der Waals surface area contributed by atoms with Crippen LogP contribution in [0.3, 0.4) is 0 Å². The summed E-state index contributed by atoms with van der Waals surface area (Å²) in [6, 6.07) is 24.1. The number of aromatic nitrogens is 3. The van der Waals surface area contributed by atoms with Crippen LogP contribution in [0.1, 0.15) is 23.7 Å². The van der Waals surface area contributed by atoms with Gasteiger partial charge in [0.15, 0.2) is 5.82 Å². The summed E-state index contributed by atoms with van der Waals surface area (Å²) in [6.45, 7) is 7.26. The van der Waals surface area contributed by atoms with Crippen molar-refractivity contribution in [3.63, 3.8) is 0 Å². The molecule has 2 aromatic heterocycles. The second-order valence-electron chi connectivity index (χ2n) is 10.5. The van der Waals surface area contributed by atoms with Gasteiger partial charge >= 0.3 is 0 Å². The molecule has 0 spiro atoms. The number of β-amino-alcohol motifs (C(OH)–C–C–N with tert-alkyl or cyclic N) is 1. The van der Waals surface area contributed by atoms with E-state index in [0.717, 1.165) is 47.8 Å². The van der Waals surface area contributed by atoms with Crippen LogP contribution in [0.5, 0.6) is 5.88 Å². The maximum atomic E-state index is 9.50. The highest BCUT2D eigenvalue weighted by molar-refractivity contribution is 5.66. The Morgan fingerprint density at radius 3 is 2.63 bits per heavy atom. The van der Waals surface area contributed by atoms with Crippen molar-refractivity contribution in [3.8, 4) is 17.3 Å². The lowest BCUT2D eigenvalue weighted by atomic mass is 10.0. The van der Waals surface area contributed by atoms with Gasteiger partial charge in [-0.15, -0.1) is 0 Å². The SMILES string of the molecule is C[C@H]1COCCN1c1nc(-c2ccc(Nc3cccc(OCc4ccccc4)n3)cc2)nc2c1CCN(CCO)C2. The van der Waals surface area contributed by atoms with Gasteiger partial charge in [-0.25, -0.2) is 9.97 Å². The average Bonchev–Trinajstić information content (AvgIpc) is 3.01. The highest BCUT2D eigenvalue weighted by atomic mass is 16.5. The van der Waals surface area contributed by atoms with Crippen LogP contribution in [0, 0.1) is 0 Å². The topological polar surface area (TPSA) is 95.9 Å². The summed E-state index contributed by atoms with van der Waals surface area (Å²) >= 11 is 0. The molecule has 9 heteroatoms. The molecule has 0 amide bonds. The highest BCUT2D eigenvalue weighted by Gasteiger charge is 2.28. The molecule has 6 rings (SSSR count). The number of pyridine rings is 1. The normalized spacial score (nSPS) is 17.2. The molecule has 0 radical (unpaired) electrons. The first-order valence-electron chi connectivity index (χ1n) is 14.2. The molecule has 0 bridgehead atoms. The number of hydrogen-bond acceptors (Lipinski definition) is 9. The average molecular weight is 553 g/mol. The van der Waals surface area contributed by atoms with Crippen molar-refractivity contribution in [1.29, 1.82) is 0 Å². The third-order valence-corrected chi connectivity index (χ3v) is 7.55. The molecule has 0 saturated carbocycles. The summed E-state index contributed by atoms with van der Waals surface area (Å²) < 4.78 is 11.6. The Morgan fingerprint density at radius 1 is 0.976 bits per heavy atom. The van der Waals surface area contributed by atoms with E-state index in [9.17, 15) is 5.11 Å². The summed E-state index contributed by atoms with van der Waals surface area (Å²) in [6.07, 6.45) is 0.874. The Hall–Kier alpha value is -4.05. The number of nitrogens with one attached hydrogen (secondary N) is 1. The molecule has 4 heterocycles. The van der Waals surface area contributed by atoms with Crippen molar-refractivity contribution in [2.75, 3.05) is 49.7 Å². The molecule has 2 aromatic carbocycles. The van der Waals surface area contributed by atoms with E-state index >= 15 is 0 Å². The standard InChI is InChI=1S/C32H36N6O3/c1-23-21-40-19-17-38(23)32-27-14-15-37(16-18-39)20-28(27)34-31(36-32)25-10-12-26(13-11-25)33-29-8-5-9-30(35-29)41-22-24-6-3-2-4-7-24/h2-13,23,39H,14-22H2,1H3,(H,33,35)/t23-/m0/s1. The molecule has 0 aliphatic carbocycles. The number of ether oxygens (including phenoxy) is 2. The van der Waals surface area contributed by atoms with Gasteiger partial charge in [0, 0.05) is 49.1 Å². The summed E-state index contributed by atoms with van der Waals surface area (Å²) in [5.41, 5.74) is 5.22. The van der Waals surface area contributed by atoms with Gasteiger partial charge in [-0.2, -0.15) is 4.98 Å². The van der Waals surface area contributed by atoms with Crippen molar-refractivity contribution in [3.05, 3.63) is 89.6 Å². The molecular formula is C32H36N6O3. The Kier molecular flexibility index (Phi) is 8.36. The number of aliphatic hydroxyl groups is 1. The van der Waals surface area contributed by atoms with E-state index in [-0.39, 0.29) is 12.6 Å². The van der Waals surface area contributed by atoms with Crippen LogP contribution >= 0.6 is 0 Å². The first-order chi connectivity index (χ1) is 20.2. The zero-order valence-corrected chi connectivity index (χ0v) is 23.4. The van der Waals surface area contributed by atoms with Gasteiger partial charge in [0.1, 0.15) is 18.2 Å². The molecule has 2 N–H and O–H groups in total. The van der Waals surface area contributed by atoms with Crippen molar-refractivity contribution in [1.82, 2.24) is 19.9 Å². The zero-order valence-electron chi connectivity index (χ0n) is 23.4. The van der Waals surface area contributed by atoms with Crippen molar-refractivity contribution >= 4 is 17.3 Å². The molecule has 212 valence electrons. The van der Waals surface area contributed by atoms with Crippen molar-refractivity contribution in [2.24, 2.45) is 0 Å². The van der Waals surface area contributed by atoms with Crippen LogP contribution in [0.25, 0.3) is 11.4 Å².